The molecule has 0 aliphatic heterocycles. The first-order chi connectivity index (χ1) is 10.2. The van der Waals surface area contributed by atoms with Crippen LogP contribution in [0, 0.1) is 5.92 Å². The van der Waals surface area contributed by atoms with Crippen molar-refractivity contribution in [1.82, 2.24) is 5.32 Å². The molecule has 0 saturated carbocycles. The molecule has 0 spiro atoms. The number of aliphatic hydroxyl groups is 1. The molecule has 0 heterocycles. The number of benzene rings is 2. The quantitative estimate of drug-likeness (QED) is 0.855. The van der Waals surface area contributed by atoms with Gasteiger partial charge in [0.15, 0.2) is 0 Å². The van der Waals surface area contributed by atoms with Gasteiger partial charge in [0, 0.05) is 12.1 Å². The summed E-state index contributed by atoms with van der Waals surface area (Å²) in [6, 6.07) is 13.5. The number of carbonyl (C=O) groups excluding carboxylic acids is 1. The fraction of sp³-hybridized carbons (Fsp3) is 0.389. The second-order valence-electron chi connectivity index (χ2n) is 5.38. The van der Waals surface area contributed by atoms with E-state index >= 15 is 0 Å². The van der Waals surface area contributed by atoms with Gasteiger partial charge in [-0.2, -0.15) is 0 Å². The SMILES string of the molecule is CCC(CC)C(O)CNC(=O)c1cccc2ccccc12. The van der Waals surface area contributed by atoms with Crippen molar-refractivity contribution in [3.8, 4) is 0 Å². The smallest absolute Gasteiger partial charge is 0.252 e. The van der Waals surface area contributed by atoms with Crippen molar-refractivity contribution in [3.63, 3.8) is 0 Å². The minimum Gasteiger partial charge on any atom is -0.391 e. The van der Waals surface area contributed by atoms with Gasteiger partial charge in [0.2, 0.25) is 0 Å². The van der Waals surface area contributed by atoms with E-state index in [1.807, 2.05) is 42.5 Å². The summed E-state index contributed by atoms with van der Waals surface area (Å²) in [4.78, 5) is 12.3. The first-order valence-corrected chi connectivity index (χ1v) is 7.61. The first-order valence-electron chi connectivity index (χ1n) is 7.61. The summed E-state index contributed by atoms with van der Waals surface area (Å²) in [6.07, 6.45) is 1.35. The van der Waals surface area contributed by atoms with Crippen molar-refractivity contribution in [2.75, 3.05) is 6.54 Å². The van der Waals surface area contributed by atoms with Gasteiger partial charge in [0.1, 0.15) is 0 Å². The maximum atomic E-state index is 12.3. The molecule has 2 aromatic rings. The number of aliphatic hydroxyl groups excluding tert-OH is 1. The zero-order valence-corrected chi connectivity index (χ0v) is 12.7. The largest absolute Gasteiger partial charge is 0.391 e. The first kappa shape index (κ1) is 15.5. The van der Waals surface area contributed by atoms with E-state index in [9.17, 15) is 9.90 Å². The van der Waals surface area contributed by atoms with Crippen molar-refractivity contribution < 1.29 is 9.90 Å². The standard InChI is InChI=1S/C18H23NO2/c1-3-13(4-2)17(20)12-19-18(21)16-11-7-9-14-8-5-6-10-15(14)16/h5-11,13,17,20H,3-4,12H2,1-2H3,(H,19,21). The van der Waals surface area contributed by atoms with E-state index in [0.717, 1.165) is 23.6 Å². The lowest BCUT2D eigenvalue weighted by Crippen LogP contribution is -2.36. The Hall–Kier alpha value is -1.87. The molecule has 0 saturated heterocycles. The molecule has 2 aromatic carbocycles. The second kappa shape index (κ2) is 7.23. The number of fused-ring (bicyclic) bond motifs is 1. The van der Waals surface area contributed by atoms with E-state index in [1.165, 1.54) is 0 Å². The van der Waals surface area contributed by atoms with E-state index < -0.39 is 6.10 Å². The molecule has 0 aliphatic rings. The van der Waals surface area contributed by atoms with Crippen LogP contribution in [-0.4, -0.2) is 23.7 Å². The van der Waals surface area contributed by atoms with Crippen molar-refractivity contribution in [1.29, 1.82) is 0 Å². The zero-order chi connectivity index (χ0) is 15.2. The van der Waals surface area contributed by atoms with Crippen LogP contribution in [0.5, 0.6) is 0 Å². The zero-order valence-electron chi connectivity index (χ0n) is 12.7. The molecular formula is C18H23NO2. The average Bonchev–Trinajstić information content (AvgIpc) is 2.53. The Balaban J connectivity index is 2.09. The van der Waals surface area contributed by atoms with Gasteiger partial charge < -0.3 is 10.4 Å². The summed E-state index contributed by atoms with van der Waals surface area (Å²) < 4.78 is 0. The number of carbonyl (C=O) groups is 1. The molecule has 112 valence electrons. The van der Waals surface area contributed by atoms with E-state index in [1.54, 1.807) is 0 Å². The summed E-state index contributed by atoms with van der Waals surface area (Å²) in [5, 5.41) is 14.9. The summed E-state index contributed by atoms with van der Waals surface area (Å²) in [5.74, 6) is 0.106. The van der Waals surface area contributed by atoms with Gasteiger partial charge in [-0.1, -0.05) is 63.1 Å². The fourth-order valence-corrected chi connectivity index (χ4v) is 2.72. The Bertz CT molecular complexity index is 600. The summed E-state index contributed by atoms with van der Waals surface area (Å²) in [7, 11) is 0. The van der Waals surface area contributed by atoms with Gasteiger partial charge in [-0.05, 0) is 22.8 Å². The fourth-order valence-electron chi connectivity index (χ4n) is 2.72. The molecule has 2 N–H and O–H groups in total. The summed E-state index contributed by atoms with van der Waals surface area (Å²) >= 11 is 0. The third-order valence-electron chi connectivity index (χ3n) is 4.10. The molecule has 2 rings (SSSR count). The van der Waals surface area contributed by atoms with Gasteiger partial charge in [-0.15, -0.1) is 0 Å². The van der Waals surface area contributed by atoms with Crippen LogP contribution < -0.4 is 5.32 Å². The lowest BCUT2D eigenvalue weighted by molar-refractivity contribution is 0.0818. The van der Waals surface area contributed by atoms with Crippen molar-refractivity contribution in [2.24, 2.45) is 5.92 Å². The Morgan fingerprint density at radius 3 is 2.48 bits per heavy atom. The summed E-state index contributed by atoms with van der Waals surface area (Å²) in [5.41, 5.74) is 0.657. The third kappa shape index (κ3) is 3.61. The monoisotopic (exact) mass is 285 g/mol. The van der Waals surface area contributed by atoms with Crippen LogP contribution in [0.25, 0.3) is 10.8 Å². The average molecular weight is 285 g/mol. The second-order valence-corrected chi connectivity index (χ2v) is 5.38. The Kier molecular flexibility index (Phi) is 5.34. The van der Waals surface area contributed by atoms with Gasteiger partial charge in [-0.25, -0.2) is 0 Å². The van der Waals surface area contributed by atoms with Crippen molar-refractivity contribution >= 4 is 16.7 Å². The van der Waals surface area contributed by atoms with E-state index in [-0.39, 0.29) is 11.8 Å². The maximum absolute atomic E-state index is 12.3. The third-order valence-corrected chi connectivity index (χ3v) is 4.10. The van der Waals surface area contributed by atoms with Gasteiger partial charge in [0.25, 0.3) is 5.91 Å². The molecule has 1 amide bonds. The number of nitrogens with one attached hydrogen (secondary N) is 1. The molecule has 1 atom stereocenters. The Morgan fingerprint density at radius 1 is 1.10 bits per heavy atom. The molecule has 0 aliphatic carbocycles. The van der Waals surface area contributed by atoms with Crippen LogP contribution in [0.3, 0.4) is 0 Å². The van der Waals surface area contributed by atoms with Crippen LogP contribution in [-0.2, 0) is 0 Å². The highest BCUT2D eigenvalue weighted by Crippen LogP contribution is 2.18. The molecular weight excluding hydrogens is 262 g/mol. The van der Waals surface area contributed by atoms with Crippen LogP contribution in [0.4, 0.5) is 0 Å². The van der Waals surface area contributed by atoms with Crippen LogP contribution >= 0.6 is 0 Å². The highest BCUT2D eigenvalue weighted by Gasteiger charge is 2.17. The predicted molar refractivity (Wildman–Crippen MR) is 86.4 cm³/mol. The minimum absolute atomic E-state index is 0.128. The number of hydrogen-bond acceptors (Lipinski definition) is 2. The molecule has 0 radical (unpaired) electrons. The van der Waals surface area contributed by atoms with Gasteiger partial charge >= 0.3 is 0 Å². The Morgan fingerprint density at radius 2 is 1.76 bits per heavy atom. The maximum Gasteiger partial charge on any atom is 0.252 e. The molecule has 3 nitrogen and oxygen atoms in total. The van der Waals surface area contributed by atoms with E-state index in [4.69, 9.17) is 0 Å². The molecule has 21 heavy (non-hydrogen) atoms. The van der Waals surface area contributed by atoms with Crippen molar-refractivity contribution in [3.05, 3.63) is 48.0 Å². The van der Waals surface area contributed by atoms with Crippen LogP contribution in [0.1, 0.15) is 37.0 Å². The van der Waals surface area contributed by atoms with Crippen LogP contribution in [0.15, 0.2) is 42.5 Å². The highest BCUT2D eigenvalue weighted by atomic mass is 16.3. The number of amides is 1. The Labute approximate surface area is 126 Å². The highest BCUT2D eigenvalue weighted by molar-refractivity contribution is 6.06. The molecule has 0 aromatic heterocycles. The molecule has 0 bridgehead atoms. The minimum atomic E-state index is -0.487. The molecule has 0 fully saturated rings. The lowest BCUT2D eigenvalue weighted by atomic mass is 9.96. The summed E-state index contributed by atoms with van der Waals surface area (Å²) in [6.45, 7) is 4.42. The molecule has 1 unspecified atom stereocenters. The van der Waals surface area contributed by atoms with E-state index in [2.05, 4.69) is 19.2 Å². The van der Waals surface area contributed by atoms with E-state index in [0.29, 0.717) is 12.1 Å². The number of hydrogen-bond donors (Lipinski definition) is 2. The lowest BCUT2D eigenvalue weighted by Gasteiger charge is -2.20. The van der Waals surface area contributed by atoms with Crippen molar-refractivity contribution in [2.45, 2.75) is 32.8 Å². The normalized spacial score (nSPS) is 12.6. The van der Waals surface area contributed by atoms with Gasteiger partial charge in [-0.3, -0.25) is 4.79 Å². The number of rotatable bonds is 6. The molecule has 3 heteroatoms. The topological polar surface area (TPSA) is 49.3 Å². The van der Waals surface area contributed by atoms with Gasteiger partial charge in [0.05, 0.1) is 6.10 Å². The van der Waals surface area contributed by atoms with Crippen LogP contribution in [0.2, 0.25) is 0 Å². The predicted octanol–water partition coefficient (Wildman–Crippen LogP) is 3.37.